The molecule has 3 spiro atoms. The lowest BCUT2D eigenvalue weighted by molar-refractivity contribution is -0.164. The summed E-state index contributed by atoms with van der Waals surface area (Å²) in [5.74, 6) is 0.637. The molecule has 2 aromatic carbocycles. The van der Waals surface area contributed by atoms with Gasteiger partial charge in [0.25, 0.3) is 0 Å². The van der Waals surface area contributed by atoms with Crippen LogP contribution in [0.1, 0.15) is 78.9 Å². The number of ether oxygens (including phenoxy) is 1. The molecule has 238 valence electrons. The quantitative estimate of drug-likeness (QED) is 0.231. The second-order valence-corrected chi connectivity index (χ2v) is 17.2. The normalized spacial score (nSPS) is 40.5. The minimum Gasteiger partial charge on any atom is -0.440 e. The van der Waals surface area contributed by atoms with E-state index in [-0.39, 0.29) is 40.1 Å². The molecule has 1 N–H and O–H groups in total. The van der Waals surface area contributed by atoms with Crippen LogP contribution in [0.5, 0.6) is 0 Å². The van der Waals surface area contributed by atoms with Crippen LogP contribution in [0.3, 0.4) is 0 Å². The third-order valence-electron chi connectivity index (χ3n) is 14.1. The van der Waals surface area contributed by atoms with Gasteiger partial charge in [-0.15, -0.1) is 11.3 Å². The zero-order chi connectivity index (χ0) is 31.7. The first-order chi connectivity index (χ1) is 22.0. The number of carbonyl (C=O) groups excluding carboxylic acids is 2. The summed E-state index contributed by atoms with van der Waals surface area (Å²) in [4.78, 5) is 32.3. The molecule has 5 nitrogen and oxygen atoms in total. The average Bonchev–Trinajstić information content (AvgIpc) is 3.71. The summed E-state index contributed by atoms with van der Waals surface area (Å²) < 4.78 is 6.62. The summed E-state index contributed by atoms with van der Waals surface area (Å²) in [5.41, 5.74) is 0.466. The van der Waals surface area contributed by atoms with E-state index in [1.807, 2.05) is 11.0 Å². The van der Waals surface area contributed by atoms with Crippen molar-refractivity contribution in [3.8, 4) is 0 Å². The van der Waals surface area contributed by atoms with Gasteiger partial charge in [0.15, 0.2) is 5.78 Å². The maximum atomic E-state index is 14.7. The number of rotatable bonds is 4. The Balaban J connectivity index is 1.12. The third kappa shape index (κ3) is 3.50. The van der Waals surface area contributed by atoms with E-state index < -0.39 is 11.0 Å². The SMILES string of the molecule is Cc1ccc(C(=O)C2=CC34C=CC25C(CCC2(C)C5CCC25CN(Cc2cccc6ccccc26)C(=O)O5)C3(C)CCC(O)C4)s1. The topological polar surface area (TPSA) is 66.8 Å². The molecular weight excluding hydrogens is 591 g/mol. The second-order valence-electron chi connectivity index (χ2n) is 15.9. The number of benzene rings is 2. The summed E-state index contributed by atoms with van der Waals surface area (Å²) in [6.07, 6.45) is 12.7. The van der Waals surface area contributed by atoms with Gasteiger partial charge in [-0.1, -0.05) is 74.5 Å². The predicted molar refractivity (Wildman–Crippen MR) is 181 cm³/mol. The molecule has 0 radical (unpaired) electrons. The Kier molecular flexibility index (Phi) is 5.94. The number of thiophene rings is 1. The Morgan fingerprint density at radius 1 is 0.957 bits per heavy atom. The van der Waals surface area contributed by atoms with Crippen LogP contribution in [-0.4, -0.2) is 40.1 Å². The highest BCUT2D eigenvalue weighted by Crippen LogP contribution is 2.79. The number of allylic oxidation sites excluding steroid dienone is 4. The molecule has 2 bridgehead atoms. The van der Waals surface area contributed by atoms with Gasteiger partial charge in [-0.05, 0) is 97.6 Å². The maximum Gasteiger partial charge on any atom is 0.410 e. The van der Waals surface area contributed by atoms with Crippen molar-refractivity contribution >= 4 is 34.0 Å². The Labute approximate surface area is 275 Å². The van der Waals surface area contributed by atoms with Crippen LogP contribution in [0.15, 0.2) is 78.4 Å². The monoisotopic (exact) mass is 633 g/mol. The van der Waals surface area contributed by atoms with Crippen LogP contribution in [0.25, 0.3) is 10.8 Å². The molecule has 6 heteroatoms. The van der Waals surface area contributed by atoms with E-state index in [4.69, 9.17) is 4.74 Å². The van der Waals surface area contributed by atoms with Crippen LogP contribution < -0.4 is 0 Å². The van der Waals surface area contributed by atoms with Crippen LogP contribution >= 0.6 is 11.3 Å². The molecule has 1 saturated heterocycles. The molecule has 7 aliphatic rings. The van der Waals surface area contributed by atoms with Gasteiger partial charge in [-0.3, -0.25) is 9.69 Å². The molecule has 3 aromatic rings. The molecule has 10 rings (SSSR count). The van der Waals surface area contributed by atoms with Crippen molar-refractivity contribution < 1.29 is 19.4 Å². The zero-order valence-electron chi connectivity index (χ0n) is 27.1. The number of nitrogens with zero attached hydrogens (tertiary/aromatic N) is 1. The largest absolute Gasteiger partial charge is 0.440 e. The predicted octanol–water partition coefficient (Wildman–Crippen LogP) is 8.64. The smallest absolute Gasteiger partial charge is 0.410 e. The van der Waals surface area contributed by atoms with Crippen LogP contribution in [0.4, 0.5) is 4.79 Å². The van der Waals surface area contributed by atoms with Gasteiger partial charge in [0, 0.05) is 33.2 Å². The number of Topliss-reactive ketones (excluding diaryl/α,β-unsaturated/α-hetero) is 1. The fraction of sp³-hybridized carbons (Fsp3) is 0.500. The van der Waals surface area contributed by atoms with Crippen LogP contribution in [0.2, 0.25) is 0 Å². The van der Waals surface area contributed by atoms with E-state index in [9.17, 15) is 14.7 Å². The fourth-order valence-electron chi connectivity index (χ4n) is 11.8. The summed E-state index contributed by atoms with van der Waals surface area (Å²) in [7, 11) is 0. The van der Waals surface area contributed by atoms with Crippen molar-refractivity contribution in [1.82, 2.24) is 4.90 Å². The molecule has 4 fully saturated rings. The Morgan fingerprint density at radius 2 is 1.72 bits per heavy atom. The standard InChI is InChI=1S/C40H43NO4S/c1-25-11-12-31(46-25)34(43)30-22-38-19-20-40(30)32(36(38,2)16-13-28(42)21-38)14-17-37(3)33(40)15-18-39(37)24-41(35(44)45-39)23-27-9-6-8-26-7-4-5-10-29(26)27/h4-12,19-20,22,28,32-33,42H,13-18,21,23-24H2,1-3H3. The molecular formula is C40H43NO4S. The van der Waals surface area contributed by atoms with Crippen molar-refractivity contribution in [3.63, 3.8) is 0 Å². The summed E-state index contributed by atoms with van der Waals surface area (Å²) in [5, 5.41) is 13.3. The van der Waals surface area contributed by atoms with Crippen molar-refractivity contribution in [1.29, 1.82) is 0 Å². The van der Waals surface area contributed by atoms with E-state index >= 15 is 0 Å². The van der Waals surface area contributed by atoms with Crippen molar-refractivity contribution in [2.24, 2.45) is 33.5 Å². The Bertz CT molecular complexity index is 1870. The summed E-state index contributed by atoms with van der Waals surface area (Å²) in [6.45, 7) is 7.99. The molecule has 1 aliphatic heterocycles. The number of amides is 1. The van der Waals surface area contributed by atoms with Gasteiger partial charge >= 0.3 is 6.09 Å². The van der Waals surface area contributed by atoms with Crippen LogP contribution in [0, 0.1) is 40.4 Å². The highest BCUT2D eigenvalue weighted by molar-refractivity contribution is 7.14. The molecule has 8 atom stereocenters. The minimum absolute atomic E-state index is 0.0278. The molecule has 6 aliphatic carbocycles. The lowest BCUT2D eigenvalue weighted by Crippen LogP contribution is -2.67. The summed E-state index contributed by atoms with van der Waals surface area (Å²) in [6, 6.07) is 18.7. The molecule has 3 saturated carbocycles. The number of hydrogen-bond acceptors (Lipinski definition) is 5. The van der Waals surface area contributed by atoms with Gasteiger partial charge in [-0.25, -0.2) is 4.79 Å². The first-order valence-electron chi connectivity index (χ1n) is 17.2. The van der Waals surface area contributed by atoms with Crippen LogP contribution in [-0.2, 0) is 11.3 Å². The number of aryl methyl sites for hydroxylation is 1. The second kappa shape index (κ2) is 9.44. The first kappa shape index (κ1) is 29.0. The number of fused-ring (bicyclic) bond motifs is 3. The fourth-order valence-corrected chi connectivity index (χ4v) is 12.7. The summed E-state index contributed by atoms with van der Waals surface area (Å²) >= 11 is 1.59. The van der Waals surface area contributed by atoms with Gasteiger partial charge in [0.05, 0.1) is 17.5 Å². The molecule has 1 aromatic heterocycles. The number of hydrogen-bond donors (Lipinski definition) is 1. The molecule has 46 heavy (non-hydrogen) atoms. The van der Waals surface area contributed by atoms with E-state index in [0.717, 1.165) is 59.4 Å². The number of carbonyl (C=O) groups is 2. The lowest BCUT2D eigenvalue weighted by Gasteiger charge is -2.71. The number of aliphatic hydroxyl groups is 1. The maximum absolute atomic E-state index is 14.7. The Hall–Kier alpha value is -3.22. The van der Waals surface area contributed by atoms with Crippen molar-refractivity contribution in [2.75, 3.05) is 6.54 Å². The molecule has 2 heterocycles. The van der Waals surface area contributed by atoms with Gasteiger partial charge in [-0.2, -0.15) is 0 Å². The lowest BCUT2D eigenvalue weighted by atomic mass is 9.32. The highest BCUT2D eigenvalue weighted by atomic mass is 32.1. The average molecular weight is 634 g/mol. The van der Waals surface area contributed by atoms with E-state index in [2.05, 4.69) is 87.5 Å². The highest BCUT2D eigenvalue weighted by Gasteiger charge is 2.76. The van der Waals surface area contributed by atoms with E-state index in [0.29, 0.717) is 25.4 Å². The first-order valence-corrected chi connectivity index (χ1v) is 18.0. The number of aliphatic hydroxyl groups excluding tert-OH is 1. The molecule has 8 unspecified atom stereocenters. The van der Waals surface area contributed by atoms with Crippen molar-refractivity contribution in [2.45, 2.75) is 84.0 Å². The molecule has 1 amide bonds. The van der Waals surface area contributed by atoms with E-state index in [1.54, 1.807) is 11.3 Å². The minimum atomic E-state index is -0.587. The third-order valence-corrected chi connectivity index (χ3v) is 15.1. The number of ketones is 1. The van der Waals surface area contributed by atoms with E-state index in [1.165, 1.54) is 10.8 Å². The van der Waals surface area contributed by atoms with Gasteiger partial charge < -0.3 is 9.84 Å². The zero-order valence-corrected chi connectivity index (χ0v) is 27.9. The van der Waals surface area contributed by atoms with Crippen molar-refractivity contribution in [3.05, 3.63) is 93.7 Å². The Morgan fingerprint density at radius 3 is 2.54 bits per heavy atom. The van der Waals surface area contributed by atoms with Gasteiger partial charge in [0.1, 0.15) is 5.60 Å². The van der Waals surface area contributed by atoms with Gasteiger partial charge in [0.2, 0.25) is 0 Å².